The molecule has 0 atom stereocenters. The van der Waals surface area contributed by atoms with Crippen LogP contribution in [0, 0.1) is 6.92 Å². The second kappa shape index (κ2) is 7.80. The molecule has 1 aromatic heterocycles. The van der Waals surface area contributed by atoms with Crippen molar-refractivity contribution < 1.29 is 0 Å². The van der Waals surface area contributed by atoms with Gasteiger partial charge >= 0.3 is 0 Å². The number of nitrogens with one attached hydrogen (secondary N) is 1. The summed E-state index contributed by atoms with van der Waals surface area (Å²) in [5.41, 5.74) is 1.32. The lowest BCUT2D eigenvalue weighted by Crippen LogP contribution is -2.15. The second-order valence-corrected chi connectivity index (χ2v) is 5.87. The fourth-order valence-electron chi connectivity index (χ4n) is 1.68. The molecule has 0 aliphatic heterocycles. The zero-order valence-corrected chi connectivity index (χ0v) is 12.7. The summed E-state index contributed by atoms with van der Waals surface area (Å²) in [6.07, 6.45) is 1.04. The maximum Gasteiger partial charge on any atom is 0.0406 e. The molecule has 0 saturated carbocycles. The van der Waals surface area contributed by atoms with Crippen molar-refractivity contribution in [2.45, 2.75) is 19.9 Å². The third-order valence-corrected chi connectivity index (χ3v) is 3.85. The van der Waals surface area contributed by atoms with Crippen molar-refractivity contribution in [2.24, 2.45) is 0 Å². The van der Waals surface area contributed by atoms with Crippen LogP contribution in [-0.2, 0) is 13.0 Å². The van der Waals surface area contributed by atoms with Gasteiger partial charge in [0.25, 0.3) is 0 Å². The summed E-state index contributed by atoms with van der Waals surface area (Å²) >= 11 is 7.70. The van der Waals surface area contributed by atoms with Gasteiger partial charge in [-0.2, -0.15) is 0 Å². The van der Waals surface area contributed by atoms with Gasteiger partial charge in [0, 0.05) is 21.3 Å². The number of thiophene rings is 1. The highest BCUT2D eigenvalue weighted by Gasteiger charge is 1.97. The molecular formula is C14H17Cl2NS. The first-order valence-corrected chi connectivity index (χ1v) is 6.94. The van der Waals surface area contributed by atoms with E-state index < -0.39 is 0 Å². The van der Waals surface area contributed by atoms with E-state index in [2.05, 4.69) is 36.5 Å². The molecule has 1 heterocycles. The summed E-state index contributed by atoms with van der Waals surface area (Å²) < 4.78 is 0. The van der Waals surface area contributed by atoms with Crippen LogP contribution in [0.1, 0.15) is 15.3 Å². The lowest BCUT2D eigenvalue weighted by Gasteiger charge is -2.03. The molecule has 0 bridgehead atoms. The normalized spacial score (nSPS) is 10.1. The van der Waals surface area contributed by atoms with Gasteiger partial charge in [0.2, 0.25) is 0 Å². The van der Waals surface area contributed by atoms with Gasteiger partial charge in [-0.3, -0.25) is 0 Å². The topological polar surface area (TPSA) is 12.0 Å². The Labute approximate surface area is 124 Å². The van der Waals surface area contributed by atoms with E-state index in [-0.39, 0.29) is 12.4 Å². The zero-order chi connectivity index (χ0) is 12.1. The van der Waals surface area contributed by atoms with E-state index in [1.807, 2.05) is 23.5 Å². The van der Waals surface area contributed by atoms with Crippen molar-refractivity contribution in [2.75, 3.05) is 6.54 Å². The predicted molar refractivity (Wildman–Crippen MR) is 83.2 cm³/mol. The summed E-state index contributed by atoms with van der Waals surface area (Å²) in [5.74, 6) is 0. The van der Waals surface area contributed by atoms with Crippen LogP contribution in [0.25, 0.3) is 0 Å². The van der Waals surface area contributed by atoms with Crippen molar-refractivity contribution in [1.82, 2.24) is 5.32 Å². The first-order valence-electron chi connectivity index (χ1n) is 5.74. The summed E-state index contributed by atoms with van der Waals surface area (Å²) in [7, 11) is 0. The number of rotatable bonds is 5. The van der Waals surface area contributed by atoms with Gasteiger partial charge in [-0.1, -0.05) is 23.7 Å². The Kier molecular flexibility index (Phi) is 6.72. The van der Waals surface area contributed by atoms with E-state index in [0.717, 1.165) is 24.5 Å². The van der Waals surface area contributed by atoms with Crippen molar-refractivity contribution in [3.05, 3.63) is 56.7 Å². The third-order valence-electron chi connectivity index (χ3n) is 2.60. The van der Waals surface area contributed by atoms with Gasteiger partial charge in [-0.05, 0) is 49.7 Å². The highest BCUT2D eigenvalue weighted by atomic mass is 35.5. The van der Waals surface area contributed by atoms with Crippen LogP contribution in [0.5, 0.6) is 0 Å². The van der Waals surface area contributed by atoms with Crippen LogP contribution in [0.4, 0.5) is 0 Å². The van der Waals surface area contributed by atoms with Gasteiger partial charge in [-0.15, -0.1) is 23.7 Å². The van der Waals surface area contributed by atoms with Crippen LogP contribution >= 0.6 is 35.3 Å². The van der Waals surface area contributed by atoms with Crippen LogP contribution < -0.4 is 5.32 Å². The number of benzene rings is 1. The largest absolute Gasteiger partial charge is 0.312 e. The molecule has 1 nitrogen and oxygen atoms in total. The molecule has 18 heavy (non-hydrogen) atoms. The molecule has 0 saturated heterocycles. The Hall–Kier alpha value is -0.540. The number of aryl methyl sites for hydroxylation is 1. The van der Waals surface area contributed by atoms with Gasteiger partial charge in [0.1, 0.15) is 0 Å². The summed E-state index contributed by atoms with van der Waals surface area (Å²) in [5, 5.41) is 4.26. The Morgan fingerprint density at radius 2 is 1.83 bits per heavy atom. The van der Waals surface area contributed by atoms with E-state index in [1.165, 1.54) is 15.3 Å². The monoisotopic (exact) mass is 301 g/mol. The highest BCUT2D eigenvalue weighted by molar-refractivity contribution is 7.11. The zero-order valence-electron chi connectivity index (χ0n) is 10.3. The Bertz CT molecular complexity index is 465. The van der Waals surface area contributed by atoms with Crippen molar-refractivity contribution >= 4 is 35.3 Å². The third kappa shape index (κ3) is 4.99. The van der Waals surface area contributed by atoms with Crippen LogP contribution in [0.3, 0.4) is 0 Å². The smallest absolute Gasteiger partial charge is 0.0406 e. The van der Waals surface area contributed by atoms with Crippen LogP contribution in [-0.4, -0.2) is 6.54 Å². The fraction of sp³-hybridized carbons (Fsp3) is 0.286. The van der Waals surface area contributed by atoms with E-state index in [9.17, 15) is 0 Å². The second-order valence-electron chi connectivity index (χ2n) is 4.07. The molecule has 1 N–H and O–H groups in total. The fourth-order valence-corrected chi connectivity index (χ4v) is 2.66. The number of halogens is 2. The molecule has 1 aromatic carbocycles. The average molecular weight is 302 g/mol. The molecule has 0 fully saturated rings. The molecule has 0 aliphatic rings. The van der Waals surface area contributed by atoms with Crippen molar-refractivity contribution in [3.63, 3.8) is 0 Å². The molecular weight excluding hydrogens is 285 g/mol. The lowest BCUT2D eigenvalue weighted by atomic mass is 10.1. The molecule has 0 radical (unpaired) electrons. The first-order chi connectivity index (χ1) is 8.24. The quantitative estimate of drug-likeness (QED) is 0.804. The maximum absolute atomic E-state index is 5.84. The molecule has 0 unspecified atom stereocenters. The number of hydrogen-bond acceptors (Lipinski definition) is 2. The number of hydrogen-bond donors (Lipinski definition) is 1. The van der Waals surface area contributed by atoms with E-state index in [0.29, 0.717) is 0 Å². The minimum Gasteiger partial charge on any atom is -0.312 e. The Balaban J connectivity index is 0.00000162. The molecule has 0 amide bonds. The molecule has 2 aromatic rings. The lowest BCUT2D eigenvalue weighted by molar-refractivity contribution is 0.693. The molecule has 4 heteroatoms. The molecule has 98 valence electrons. The van der Waals surface area contributed by atoms with Crippen molar-refractivity contribution in [1.29, 1.82) is 0 Å². The minimum absolute atomic E-state index is 0. The van der Waals surface area contributed by atoms with Crippen LogP contribution in [0.2, 0.25) is 5.02 Å². The Morgan fingerprint density at radius 3 is 2.44 bits per heavy atom. The molecule has 2 rings (SSSR count). The van der Waals surface area contributed by atoms with Gasteiger partial charge in [0.15, 0.2) is 0 Å². The highest BCUT2D eigenvalue weighted by Crippen LogP contribution is 2.14. The van der Waals surface area contributed by atoms with Gasteiger partial charge in [0.05, 0.1) is 0 Å². The summed E-state index contributed by atoms with van der Waals surface area (Å²) in [6.45, 7) is 4.10. The van der Waals surface area contributed by atoms with Crippen LogP contribution in [0.15, 0.2) is 36.4 Å². The summed E-state index contributed by atoms with van der Waals surface area (Å²) in [4.78, 5) is 2.78. The first kappa shape index (κ1) is 15.5. The van der Waals surface area contributed by atoms with E-state index in [4.69, 9.17) is 11.6 Å². The molecule has 0 aliphatic carbocycles. The van der Waals surface area contributed by atoms with E-state index >= 15 is 0 Å². The van der Waals surface area contributed by atoms with Gasteiger partial charge < -0.3 is 5.32 Å². The van der Waals surface area contributed by atoms with Crippen molar-refractivity contribution in [3.8, 4) is 0 Å². The van der Waals surface area contributed by atoms with Gasteiger partial charge in [-0.25, -0.2) is 0 Å². The summed E-state index contributed by atoms with van der Waals surface area (Å²) in [6, 6.07) is 12.4. The standard InChI is InChI=1S/C14H16ClNS.ClH/c1-11-2-7-14(17-11)10-16-9-8-12-3-5-13(15)6-4-12;/h2-7,16H,8-10H2,1H3;1H. The maximum atomic E-state index is 5.84. The Morgan fingerprint density at radius 1 is 1.11 bits per heavy atom. The average Bonchev–Trinajstić information content (AvgIpc) is 2.73. The molecule has 0 spiro atoms. The minimum atomic E-state index is 0. The van der Waals surface area contributed by atoms with E-state index in [1.54, 1.807) is 0 Å². The SMILES string of the molecule is Cc1ccc(CNCCc2ccc(Cl)cc2)s1.Cl. The predicted octanol–water partition coefficient (Wildman–Crippen LogP) is 4.46.